The Morgan fingerprint density at radius 1 is 1.29 bits per heavy atom. The summed E-state index contributed by atoms with van der Waals surface area (Å²) in [5.41, 5.74) is 0. The molecular formula is C6H15NO5S2. The van der Waals surface area contributed by atoms with Gasteiger partial charge in [0.1, 0.15) is 0 Å². The minimum Gasteiger partial charge on any atom is -0.396 e. The van der Waals surface area contributed by atoms with E-state index in [2.05, 4.69) is 4.72 Å². The van der Waals surface area contributed by atoms with Crippen LogP contribution in [0.2, 0.25) is 0 Å². The average Bonchev–Trinajstić information content (AvgIpc) is 1.96. The zero-order valence-electron chi connectivity index (χ0n) is 8.10. The van der Waals surface area contributed by atoms with E-state index in [1.54, 1.807) is 6.92 Å². The first-order chi connectivity index (χ1) is 6.16. The fourth-order valence-corrected chi connectivity index (χ4v) is 3.78. The highest BCUT2D eigenvalue weighted by Crippen LogP contribution is 1.95. The van der Waals surface area contributed by atoms with E-state index in [1.165, 1.54) is 0 Å². The van der Waals surface area contributed by atoms with E-state index < -0.39 is 24.9 Å². The fourth-order valence-electron chi connectivity index (χ4n) is 0.657. The van der Waals surface area contributed by atoms with E-state index >= 15 is 0 Å². The molecule has 1 atom stereocenters. The van der Waals surface area contributed by atoms with Crippen LogP contribution in [0.1, 0.15) is 6.92 Å². The predicted octanol–water partition coefficient (Wildman–Crippen LogP) is -1.46. The van der Waals surface area contributed by atoms with Crippen molar-refractivity contribution in [3.05, 3.63) is 0 Å². The Labute approximate surface area is 84.3 Å². The van der Waals surface area contributed by atoms with E-state index in [0.29, 0.717) is 0 Å². The molecule has 0 aromatic heterocycles. The quantitative estimate of drug-likeness (QED) is 0.595. The minimum absolute atomic E-state index is 0.0361. The second-order valence-electron chi connectivity index (χ2n) is 3.29. The van der Waals surface area contributed by atoms with Gasteiger partial charge in [0.2, 0.25) is 10.0 Å². The predicted molar refractivity (Wildman–Crippen MR) is 52.9 cm³/mol. The van der Waals surface area contributed by atoms with Gasteiger partial charge in [-0.15, -0.1) is 0 Å². The maximum Gasteiger partial charge on any atom is 0.226 e. The lowest BCUT2D eigenvalue weighted by molar-refractivity contribution is 0.238. The lowest BCUT2D eigenvalue weighted by Crippen LogP contribution is -2.33. The molecule has 0 aliphatic rings. The van der Waals surface area contributed by atoms with E-state index in [1.807, 2.05) is 0 Å². The van der Waals surface area contributed by atoms with Crippen LogP contribution in [0, 0.1) is 5.92 Å². The number of hydrogen-bond acceptors (Lipinski definition) is 5. The van der Waals surface area contributed by atoms with Crippen LogP contribution in [0.4, 0.5) is 0 Å². The molecule has 14 heavy (non-hydrogen) atoms. The third-order valence-electron chi connectivity index (χ3n) is 1.33. The van der Waals surface area contributed by atoms with Crippen molar-refractivity contribution in [2.45, 2.75) is 6.92 Å². The molecule has 0 bridgehead atoms. The summed E-state index contributed by atoms with van der Waals surface area (Å²) in [4.78, 5) is 0. The number of nitrogens with one attached hydrogen (secondary N) is 1. The van der Waals surface area contributed by atoms with E-state index in [9.17, 15) is 16.8 Å². The van der Waals surface area contributed by atoms with Crippen LogP contribution in [0.15, 0.2) is 0 Å². The molecule has 0 aromatic carbocycles. The molecule has 0 aliphatic heterocycles. The standard InChI is InChI=1S/C6H15NO5S2/c1-6(4-8)3-7-14(11,12)5-13(2,9)10/h6-8H,3-5H2,1-2H3. The van der Waals surface area contributed by atoms with Gasteiger partial charge in [0.15, 0.2) is 14.9 Å². The highest BCUT2D eigenvalue weighted by molar-refractivity contribution is 8.06. The van der Waals surface area contributed by atoms with Gasteiger partial charge in [0.05, 0.1) is 0 Å². The Kier molecular flexibility index (Phi) is 4.99. The van der Waals surface area contributed by atoms with Crippen LogP contribution in [0.25, 0.3) is 0 Å². The second kappa shape index (κ2) is 5.06. The molecule has 2 N–H and O–H groups in total. The van der Waals surface area contributed by atoms with Crippen molar-refractivity contribution in [2.24, 2.45) is 5.92 Å². The summed E-state index contributed by atoms with van der Waals surface area (Å²) in [5, 5.41) is 7.69. The lowest BCUT2D eigenvalue weighted by atomic mass is 10.2. The number of sulfone groups is 1. The van der Waals surface area contributed by atoms with Gasteiger partial charge in [-0.3, -0.25) is 0 Å². The van der Waals surface area contributed by atoms with Gasteiger partial charge < -0.3 is 5.11 Å². The molecule has 86 valence electrons. The monoisotopic (exact) mass is 245 g/mol. The van der Waals surface area contributed by atoms with Crippen molar-refractivity contribution in [3.8, 4) is 0 Å². The third kappa shape index (κ3) is 7.25. The van der Waals surface area contributed by atoms with Gasteiger partial charge in [-0.05, 0) is 5.92 Å². The highest BCUT2D eigenvalue weighted by atomic mass is 32.3. The first kappa shape index (κ1) is 13.8. The van der Waals surface area contributed by atoms with Crippen LogP contribution >= 0.6 is 0 Å². The molecule has 0 amide bonds. The summed E-state index contributed by atoms with van der Waals surface area (Å²) in [6, 6.07) is 0. The molecule has 0 rings (SSSR count). The number of aliphatic hydroxyl groups is 1. The number of hydrogen-bond donors (Lipinski definition) is 2. The zero-order chi connectivity index (χ0) is 11.4. The van der Waals surface area contributed by atoms with Crippen LogP contribution in [-0.2, 0) is 19.9 Å². The summed E-state index contributed by atoms with van der Waals surface area (Å²) in [6.45, 7) is 1.53. The number of aliphatic hydroxyl groups excluding tert-OH is 1. The van der Waals surface area contributed by atoms with Crippen molar-refractivity contribution in [2.75, 3.05) is 24.5 Å². The molecule has 0 saturated heterocycles. The lowest BCUT2D eigenvalue weighted by Gasteiger charge is -2.09. The Morgan fingerprint density at radius 2 is 1.79 bits per heavy atom. The summed E-state index contributed by atoms with van der Waals surface area (Å²) in [7, 11) is -7.34. The largest absolute Gasteiger partial charge is 0.396 e. The summed E-state index contributed by atoms with van der Waals surface area (Å²) in [6.07, 6.45) is 0.849. The molecule has 6 nitrogen and oxygen atoms in total. The Balaban J connectivity index is 4.24. The first-order valence-corrected chi connectivity index (χ1v) is 7.63. The first-order valence-electron chi connectivity index (χ1n) is 3.92. The summed E-state index contributed by atoms with van der Waals surface area (Å²) in [5.74, 6) is -0.232. The van der Waals surface area contributed by atoms with Gasteiger partial charge in [-0.1, -0.05) is 6.92 Å². The van der Waals surface area contributed by atoms with Crippen LogP contribution < -0.4 is 4.72 Å². The average molecular weight is 245 g/mol. The van der Waals surface area contributed by atoms with Crippen molar-refractivity contribution < 1.29 is 21.9 Å². The zero-order valence-corrected chi connectivity index (χ0v) is 9.73. The third-order valence-corrected chi connectivity index (χ3v) is 4.89. The minimum atomic E-state index is -3.79. The highest BCUT2D eigenvalue weighted by Gasteiger charge is 2.18. The number of rotatable bonds is 6. The van der Waals surface area contributed by atoms with Gasteiger partial charge in [0.25, 0.3) is 0 Å². The summed E-state index contributed by atoms with van der Waals surface area (Å²) >= 11 is 0. The molecular weight excluding hydrogens is 230 g/mol. The molecule has 0 radical (unpaired) electrons. The van der Waals surface area contributed by atoms with Gasteiger partial charge in [-0.2, -0.15) is 0 Å². The van der Waals surface area contributed by atoms with E-state index in [-0.39, 0.29) is 19.1 Å². The van der Waals surface area contributed by atoms with Gasteiger partial charge >= 0.3 is 0 Å². The topological polar surface area (TPSA) is 101 Å². The molecule has 0 aliphatic carbocycles. The maximum absolute atomic E-state index is 11.1. The maximum atomic E-state index is 11.1. The van der Waals surface area contributed by atoms with Crippen LogP contribution in [-0.4, -0.2) is 46.4 Å². The molecule has 1 unspecified atom stereocenters. The molecule has 0 spiro atoms. The summed E-state index contributed by atoms with van der Waals surface area (Å²) < 4.78 is 45.7. The Morgan fingerprint density at radius 3 is 2.14 bits per heavy atom. The number of sulfonamides is 1. The van der Waals surface area contributed by atoms with Crippen molar-refractivity contribution in [3.63, 3.8) is 0 Å². The van der Waals surface area contributed by atoms with E-state index in [0.717, 1.165) is 6.26 Å². The van der Waals surface area contributed by atoms with Crippen LogP contribution in [0.3, 0.4) is 0 Å². The SMILES string of the molecule is CC(CO)CNS(=O)(=O)CS(C)(=O)=O. The van der Waals surface area contributed by atoms with Crippen molar-refractivity contribution >= 4 is 19.9 Å². The molecule has 0 fully saturated rings. The molecule has 0 heterocycles. The molecule has 0 aromatic rings. The Bertz CT molecular complexity index is 358. The van der Waals surface area contributed by atoms with E-state index in [4.69, 9.17) is 5.11 Å². The molecule has 8 heteroatoms. The fraction of sp³-hybridized carbons (Fsp3) is 1.00. The Hall–Kier alpha value is -0.180. The van der Waals surface area contributed by atoms with Gasteiger partial charge in [-0.25, -0.2) is 21.6 Å². The van der Waals surface area contributed by atoms with Crippen molar-refractivity contribution in [1.82, 2.24) is 4.72 Å². The second-order valence-corrected chi connectivity index (χ2v) is 7.61. The normalized spacial score (nSPS) is 15.4. The smallest absolute Gasteiger partial charge is 0.226 e. The van der Waals surface area contributed by atoms with Crippen molar-refractivity contribution in [1.29, 1.82) is 0 Å². The van der Waals surface area contributed by atoms with Gasteiger partial charge in [0, 0.05) is 19.4 Å². The molecule has 0 saturated carbocycles. The van der Waals surface area contributed by atoms with Crippen LogP contribution in [0.5, 0.6) is 0 Å².